The number of ether oxygens (including phenoxy) is 2. The molecule has 7 heteroatoms. The van der Waals surface area contributed by atoms with Crippen molar-refractivity contribution >= 4 is 17.6 Å². The molecular formula is C15H20N2O5. The molecule has 0 spiro atoms. The first-order valence-electron chi connectivity index (χ1n) is 7.20. The Balaban J connectivity index is 1.94. The molecule has 7 nitrogen and oxygen atoms in total. The molecule has 120 valence electrons. The molecule has 0 aliphatic carbocycles. The van der Waals surface area contributed by atoms with Crippen molar-refractivity contribution in [2.24, 2.45) is 0 Å². The fourth-order valence-corrected chi connectivity index (χ4v) is 2.17. The van der Waals surface area contributed by atoms with Gasteiger partial charge >= 0.3 is 5.97 Å². The Kier molecular flexibility index (Phi) is 5.21. The van der Waals surface area contributed by atoms with Gasteiger partial charge in [0.15, 0.2) is 11.5 Å². The second kappa shape index (κ2) is 7.13. The van der Waals surface area contributed by atoms with Crippen molar-refractivity contribution in [3.05, 3.63) is 18.2 Å². The normalized spacial score (nSPS) is 15.2. The summed E-state index contributed by atoms with van der Waals surface area (Å²) in [5.74, 6) is -0.0448. The molecule has 2 unspecified atom stereocenters. The van der Waals surface area contributed by atoms with Crippen LogP contribution in [0.1, 0.15) is 26.7 Å². The standard InChI is InChI=1S/C15H20N2O5/c1-3-4-11(15(19)20)16-9(2)14(18)17-10-5-6-12-13(7-10)22-8-21-12/h5-7,9,11,16H,3-4,8H2,1-2H3,(H,17,18)(H,19,20). The van der Waals surface area contributed by atoms with Crippen LogP contribution in [0.3, 0.4) is 0 Å². The number of carbonyl (C=O) groups excluding carboxylic acids is 1. The summed E-state index contributed by atoms with van der Waals surface area (Å²) in [4.78, 5) is 23.2. The second-order valence-corrected chi connectivity index (χ2v) is 5.13. The molecule has 0 aromatic heterocycles. The number of aliphatic carboxylic acids is 1. The summed E-state index contributed by atoms with van der Waals surface area (Å²) in [5.41, 5.74) is 0.574. The van der Waals surface area contributed by atoms with Gasteiger partial charge in [0.1, 0.15) is 6.04 Å². The van der Waals surface area contributed by atoms with Crippen molar-refractivity contribution < 1.29 is 24.2 Å². The fraction of sp³-hybridized carbons (Fsp3) is 0.467. The lowest BCUT2D eigenvalue weighted by Crippen LogP contribution is -2.47. The quantitative estimate of drug-likeness (QED) is 0.707. The van der Waals surface area contributed by atoms with Gasteiger partial charge in [-0.2, -0.15) is 0 Å². The van der Waals surface area contributed by atoms with Crippen LogP contribution < -0.4 is 20.1 Å². The molecule has 0 saturated heterocycles. The van der Waals surface area contributed by atoms with Crippen LogP contribution in [0.15, 0.2) is 18.2 Å². The number of hydrogen-bond acceptors (Lipinski definition) is 5. The first-order valence-corrected chi connectivity index (χ1v) is 7.20. The smallest absolute Gasteiger partial charge is 0.320 e. The van der Waals surface area contributed by atoms with Gasteiger partial charge in [-0.3, -0.25) is 14.9 Å². The number of carboxylic acids is 1. The highest BCUT2D eigenvalue weighted by atomic mass is 16.7. The molecule has 0 saturated carbocycles. The molecule has 22 heavy (non-hydrogen) atoms. The zero-order valence-electron chi connectivity index (χ0n) is 12.6. The van der Waals surface area contributed by atoms with Crippen LogP contribution in [0.25, 0.3) is 0 Å². The Labute approximate surface area is 128 Å². The topological polar surface area (TPSA) is 96.9 Å². The Morgan fingerprint density at radius 3 is 2.73 bits per heavy atom. The number of benzene rings is 1. The maximum absolute atomic E-state index is 12.1. The molecule has 3 N–H and O–H groups in total. The van der Waals surface area contributed by atoms with E-state index >= 15 is 0 Å². The van der Waals surface area contributed by atoms with E-state index in [1.807, 2.05) is 6.92 Å². The summed E-state index contributed by atoms with van der Waals surface area (Å²) >= 11 is 0. The van der Waals surface area contributed by atoms with Gasteiger partial charge < -0.3 is 19.9 Å². The molecule has 0 bridgehead atoms. The molecule has 2 atom stereocenters. The lowest BCUT2D eigenvalue weighted by molar-refractivity contribution is -0.140. The molecule has 0 radical (unpaired) electrons. The highest BCUT2D eigenvalue weighted by Crippen LogP contribution is 2.34. The van der Waals surface area contributed by atoms with E-state index in [0.717, 1.165) is 6.42 Å². The van der Waals surface area contributed by atoms with E-state index in [2.05, 4.69) is 10.6 Å². The third-order valence-corrected chi connectivity index (χ3v) is 3.36. The second-order valence-electron chi connectivity index (χ2n) is 5.13. The summed E-state index contributed by atoms with van der Waals surface area (Å²) in [6, 6.07) is 3.74. The summed E-state index contributed by atoms with van der Waals surface area (Å²) in [6.45, 7) is 3.70. The van der Waals surface area contributed by atoms with Crippen LogP contribution in [0.5, 0.6) is 11.5 Å². The van der Waals surface area contributed by atoms with Gasteiger partial charge in [0.25, 0.3) is 0 Å². The van der Waals surface area contributed by atoms with Gasteiger partial charge in [-0.1, -0.05) is 13.3 Å². The van der Waals surface area contributed by atoms with Gasteiger partial charge in [0, 0.05) is 11.8 Å². The van der Waals surface area contributed by atoms with Gasteiger partial charge in [0.05, 0.1) is 6.04 Å². The Morgan fingerprint density at radius 2 is 2.05 bits per heavy atom. The van der Waals surface area contributed by atoms with E-state index in [1.165, 1.54) is 0 Å². The predicted molar refractivity (Wildman–Crippen MR) is 80.1 cm³/mol. The number of rotatable bonds is 7. The van der Waals surface area contributed by atoms with Gasteiger partial charge in [0.2, 0.25) is 12.7 Å². The van der Waals surface area contributed by atoms with Crippen molar-refractivity contribution in [1.82, 2.24) is 5.32 Å². The lowest BCUT2D eigenvalue weighted by atomic mass is 10.1. The number of hydrogen-bond donors (Lipinski definition) is 3. The number of nitrogens with one attached hydrogen (secondary N) is 2. The monoisotopic (exact) mass is 308 g/mol. The SMILES string of the molecule is CCCC(NC(C)C(=O)Nc1ccc2c(c1)OCO2)C(=O)O. The molecule has 1 aliphatic heterocycles. The van der Waals surface area contributed by atoms with Crippen LogP contribution in [-0.4, -0.2) is 35.9 Å². The zero-order valence-corrected chi connectivity index (χ0v) is 12.6. The lowest BCUT2D eigenvalue weighted by Gasteiger charge is -2.19. The third kappa shape index (κ3) is 3.88. The number of carbonyl (C=O) groups is 2. The molecule has 1 aromatic rings. The summed E-state index contributed by atoms with van der Waals surface area (Å²) < 4.78 is 10.4. The van der Waals surface area contributed by atoms with E-state index < -0.39 is 18.1 Å². The van der Waals surface area contributed by atoms with E-state index in [9.17, 15) is 9.59 Å². The predicted octanol–water partition coefficient (Wildman–Crippen LogP) is 1.59. The first kappa shape index (κ1) is 16.1. The molecule has 0 fully saturated rings. The minimum absolute atomic E-state index is 0.169. The number of amides is 1. The average Bonchev–Trinajstić information content (AvgIpc) is 2.94. The summed E-state index contributed by atoms with van der Waals surface area (Å²) in [6.07, 6.45) is 1.19. The van der Waals surface area contributed by atoms with Crippen LogP contribution in [0, 0.1) is 0 Å². The van der Waals surface area contributed by atoms with Crippen molar-refractivity contribution in [3.63, 3.8) is 0 Å². The fourth-order valence-electron chi connectivity index (χ4n) is 2.17. The van der Waals surface area contributed by atoms with E-state index in [4.69, 9.17) is 14.6 Å². The van der Waals surface area contributed by atoms with Crippen molar-refractivity contribution in [2.45, 2.75) is 38.8 Å². The molecule has 1 heterocycles. The molecule has 1 aliphatic rings. The Morgan fingerprint density at radius 1 is 1.32 bits per heavy atom. The Hall–Kier alpha value is -2.28. The van der Waals surface area contributed by atoms with Crippen molar-refractivity contribution in [1.29, 1.82) is 0 Å². The van der Waals surface area contributed by atoms with Crippen LogP contribution in [0.2, 0.25) is 0 Å². The highest BCUT2D eigenvalue weighted by molar-refractivity contribution is 5.95. The van der Waals surface area contributed by atoms with Gasteiger partial charge in [-0.15, -0.1) is 0 Å². The molecule has 2 rings (SSSR count). The van der Waals surface area contributed by atoms with Crippen molar-refractivity contribution in [2.75, 3.05) is 12.1 Å². The van der Waals surface area contributed by atoms with E-state index in [0.29, 0.717) is 23.6 Å². The zero-order chi connectivity index (χ0) is 16.1. The average molecular weight is 308 g/mol. The van der Waals surface area contributed by atoms with Crippen molar-refractivity contribution in [3.8, 4) is 11.5 Å². The molecule has 1 aromatic carbocycles. The highest BCUT2D eigenvalue weighted by Gasteiger charge is 2.23. The summed E-state index contributed by atoms with van der Waals surface area (Å²) in [5, 5.41) is 14.7. The Bertz CT molecular complexity index is 561. The summed E-state index contributed by atoms with van der Waals surface area (Å²) in [7, 11) is 0. The van der Waals surface area contributed by atoms with E-state index in [-0.39, 0.29) is 12.7 Å². The van der Waals surface area contributed by atoms with Crippen LogP contribution in [0.4, 0.5) is 5.69 Å². The van der Waals surface area contributed by atoms with Gasteiger partial charge in [-0.05, 0) is 25.5 Å². The minimum atomic E-state index is -0.954. The van der Waals surface area contributed by atoms with Gasteiger partial charge in [-0.25, -0.2) is 0 Å². The maximum Gasteiger partial charge on any atom is 0.320 e. The number of carboxylic acid groups (broad SMARTS) is 1. The van der Waals surface area contributed by atoms with Crippen LogP contribution in [-0.2, 0) is 9.59 Å². The number of fused-ring (bicyclic) bond motifs is 1. The maximum atomic E-state index is 12.1. The number of anilines is 1. The first-order chi connectivity index (χ1) is 10.5. The van der Waals surface area contributed by atoms with E-state index in [1.54, 1.807) is 25.1 Å². The largest absolute Gasteiger partial charge is 0.480 e. The van der Waals surface area contributed by atoms with Crippen LogP contribution >= 0.6 is 0 Å². The molecular weight excluding hydrogens is 288 g/mol. The third-order valence-electron chi connectivity index (χ3n) is 3.36. The molecule has 1 amide bonds. The minimum Gasteiger partial charge on any atom is -0.480 e.